The fraction of sp³-hybridized carbons (Fsp3) is 0.625. The van der Waals surface area contributed by atoms with Gasteiger partial charge in [-0.25, -0.2) is 9.78 Å². The molecule has 0 saturated heterocycles. The Bertz CT molecular complexity index is 464. The Morgan fingerprint density at radius 3 is 2.35 bits per heavy atom. The average Bonchev–Trinajstić information content (AvgIpc) is 2.26. The van der Waals surface area contributed by atoms with Crippen LogP contribution in [0.1, 0.15) is 47.1 Å². The van der Waals surface area contributed by atoms with Crippen molar-refractivity contribution >= 4 is 11.9 Å². The molecule has 4 nitrogen and oxygen atoms in total. The molecule has 1 amide bonds. The van der Waals surface area contributed by atoms with E-state index in [0.29, 0.717) is 11.7 Å². The molecule has 0 bridgehead atoms. The quantitative estimate of drug-likeness (QED) is 0.833. The number of pyridine rings is 1. The highest BCUT2D eigenvalue weighted by Crippen LogP contribution is 2.22. The molecule has 0 spiro atoms. The van der Waals surface area contributed by atoms with E-state index >= 15 is 0 Å². The summed E-state index contributed by atoms with van der Waals surface area (Å²) in [6, 6.07) is 3.83. The number of aryl methyl sites for hydroxylation is 1. The smallest absolute Gasteiger partial charge is 0.416 e. The van der Waals surface area contributed by atoms with Crippen molar-refractivity contribution in [2.75, 3.05) is 4.90 Å². The fourth-order valence-electron chi connectivity index (χ4n) is 1.73. The van der Waals surface area contributed by atoms with E-state index in [-0.39, 0.29) is 12.1 Å². The molecule has 1 aromatic rings. The van der Waals surface area contributed by atoms with Crippen LogP contribution in [0.4, 0.5) is 10.6 Å². The first-order valence-electron chi connectivity index (χ1n) is 7.06. The number of anilines is 1. The Morgan fingerprint density at radius 1 is 1.30 bits per heavy atom. The monoisotopic (exact) mass is 278 g/mol. The SMILES string of the molecule is Cc1ccnc(N(C(=O)OC(C)(C)C)C(C)C(C)C)c1. The molecule has 0 radical (unpaired) electrons. The lowest BCUT2D eigenvalue weighted by Crippen LogP contribution is -2.45. The van der Waals surface area contributed by atoms with Crippen molar-refractivity contribution in [1.29, 1.82) is 0 Å². The van der Waals surface area contributed by atoms with Gasteiger partial charge in [-0.15, -0.1) is 0 Å². The van der Waals surface area contributed by atoms with Crippen molar-refractivity contribution in [3.05, 3.63) is 23.9 Å². The Morgan fingerprint density at radius 2 is 1.90 bits per heavy atom. The number of aromatic nitrogens is 1. The number of amides is 1. The molecular weight excluding hydrogens is 252 g/mol. The number of carbonyl (C=O) groups excluding carboxylic acids is 1. The first-order valence-corrected chi connectivity index (χ1v) is 7.06. The molecule has 4 heteroatoms. The summed E-state index contributed by atoms with van der Waals surface area (Å²) in [5.74, 6) is 0.949. The highest BCUT2D eigenvalue weighted by molar-refractivity contribution is 5.87. The molecule has 20 heavy (non-hydrogen) atoms. The van der Waals surface area contributed by atoms with Crippen LogP contribution in [-0.2, 0) is 4.74 Å². The number of ether oxygens (including phenoxy) is 1. The maximum absolute atomic E-state index is 12.5. The van der Waals surface area contributed by atoms with Crippen LogP contribution in [0.5, 0.6) is 0 Å². The van der Waals surface area contributed by atoms with Gasteiger partial charge in [-0.2, -0.15) is 0 Å². The van der Waals surface area contributed by atoms with Gasteiger partial charge in [-0.1, -0.05) is 13.8 Å². The summed E-state index contributed by atoms with van der Waals surface area (Å²) >= 11 is 0. The van der Waals surface area contributed by atoms with Crippen molar-refractivity contribution in [1.82, 2.24) is 4.98 Å². The van der Waals surface area contributed by atoms with Crippen LogP contribution in [0.3, 0.4) is 0 Å². The van der Waals surface area contributed by atoms with Gasteiger partial charge in [-0.05, 0) is 58.2 Å². The lowest BCUT2D eigenvalue weighted by atomic mass is 10.0. The zero-order valence-corrected chi connectivity index (χ0v) is 13.6. The average molecular weight is 278 g/mol. The van der Waals surface area contributed by atoms with Crippen molar-refractivity contribution in [3.8, 4) is 0 Å². The molecular formula is C16H26N2O2. The van der Waals surface area contributed by atoms with Crippen LogP contribution in [0.15, 0.2) is 18.3 Å². The largest absolute Gasteiger partial charge is 0.443 e. The molecule has 0 aliphatic carbocycles. The number of hydrogen-bond acceptors (Lipinski definition) is 3. The highest BCUT2D eigenvalue weighted by Gasteiger charge is 2.29. The predicted molar refractivity (Wildman–Crippen MR) is 82.0 cm³/mol. The van der Waals surface area contributed by atoms with Crippen LogP contribution < -0.4 is 4.90 Å². The molecule has 1 aromatic heterocycles. The third-order valence-electron chi connectivity index (χ3n) is 3.11. The third kappa shape index (κ3) is 4.51. The maximum atomic E-state index is 12.5. The number of carbonyl (C=O) groups is 1. The van der Waals surface area contributed by atoms with Crippen LogP contribution in [-0.4, -0.2) is 22.7 Å². The predicted octanol–water partition coefficient (Wildman–Crippen LogP) is 4.18. The summed E-state index contributed by atoms with van der Waals surface area (Å²) < 4.78 is 5.51. The van der Waals surface area contributed by atoms with Gasteiger partial charge < -0.3 is 4.74 Å². The zero-order valence-electron chi connectivity index (χ0n) is 13.6. The van der Waals surface area contributed by atoms with E-state index in [1.807, 2.05) is 46.8 Å². The van der Waals surface area contributed by atoms with Gasteiger partial charge in [0.15, 0.2) is 0 Å². The molecule has 112 valence electrons. The number of nitrogens with zero attached hydrogens (tertiary/aromatic N) is 2. The van der Waals surface area contributed by atoms with E-state index < -0.39 is 5.60 Å². The molecule has 1 rings (SSSR count). The topological polar surface area (TPSA) is 42.4 Å². The van der Waals surface area contributed by atoms with E-state index in [2.05, 4.69) is 18.8 Å². The summed E-state index contributed by atoms with van der Waals surface area (Å²) in [6.45, 7) is 13.8. The van der Waals surface area contributed by atoms with Crippen molar-refractivity contribution in [2.24, 2.45) is 5.92 Å². The second kappa shape index (κ2) is 6.25. The van der Waals surface area contributed by atoms with Crippen LogP contribution in [0, 0.1) is 12.8 Å². The molecule has 0 aliphatic rings. The van der Waals surface area contributed by atoms with Gasteiger partial charge in [-0.3, -0.25) is 4.90 Å². The van der Waals surface area contributed by atoms with E-state index in [4.69, 9.17) is 4.74 Å². The Kier molecular flexibility index (Phi) is 5.15. The lowest BCUT2D eigenvalue weighted by molar-refractivity contribution is 0.0558. The van der Waals surface area contributed by atoms with Gasteiger partial charge >= 0.3 is 6.09 Å². The second-order valence-corrected chi connectivity index (χ2v) is 6.53. The molecule has 0 aliphatic heterocycles. The van der Waals surface area contributed by atoms with Gasteiger partial charge in [0.25, 0.3) is 0 Å². The van der Waals surface area contributed by atoms with E-state index in [1.54, 1.807) is 11.1 Å². The normalized spacial score (nSPS) is 13.2. The molecule has 1 heterocycles. The summed E-state index contributed by atoms with van der Waals surface area (Å²) in [5, 5.41) is 0. The van der Waals surface area contributed by atoms with E-state index in [0.717, 1.165) is 5.56 Å². The number of hydrogen-bond donors (Lipinski definition) is 0. The standard InChI is InChI=1S/C16H26N2O2/c1-11(2)13(4)18(15(19)20-16(5,6)7)14-10-12(3)8-9-17-14/h8-11,13H,1-7H3. The summed E-state index contributed by atoms with van der Waals surface area (Å²) in [4.78, 5) is 18.4. The Balaban J connectivity index is 3.12. The molecule has 1 unspecified atom stereocenters. The number of rotatable bonds is 3. The first-order chi connectivity index (χ1) is 9.11. The van der Waals surface area contributed by atoms with Gasteiger partial charge in [0.05, 0.1) is 0 Å². The summed E-state index contributed by atoms with van der Waals surface area (Å²) in [6.07, 6.45) is 1.37. The van der Waals surface area contributed by atoms with E-state index in [9.17, 15) is 4.79 Å². The van der Waals surface area contributed by atoms with Crippen LogP contribution in [0.25, 0.3) is 0 Å². The molecule has 0 fully saturated rings. The zero-order chi connectivity index (χ0) is 15.5. The molecule has 0 N–H and O–H groups in total. The third-order valence-corrected chi connectivity index (χ3v) is 3.11. The summed E-state index contributed by atoms with van der Waals surface area (Å²) in [7, 11) is 0. The van der Waals surface area contributed by atoms with Crippen LogP contribution in [0.2, 0.25) is 0 Å². The first kappa shape index (κ1) is 16.5. The highest BCUT2D eigenvalue weighted by atomic mass is 16.6. The second-order valence-electron chi connectivity index (χ2n) is 6.53. The molecule has 0 aromatic carbocycles. The minimum absolute atomic E-state index is 0.0131. The maximum Gasteiger partial charge on any atom is 0.416 e. The fourth-order valence-corrected chi connectivity index (χ4v) is 1.73. The van der Waals surface area contributed by atoms with Crippen molar-refractivity contribution < 1.29 is 9.53 Å². The molecule has 0 saturated carbocycles. The van der Waals surface area contributed by atoms with E-state index in [1.165, 1.54) is 0 Å². The van der Waals surface area contributed by atoms with Crippen molar-refractivity contribution in [2.45, 2.75) is 60.1 Å². The molecule has 1 atom stereocenters. The Hall–Kier alpha value is -1.58. The lowest BCUT2D eigenvalue weighted by Gasteiger charge is -2.33. The van der Waals surface area contributed by atoms with Crippen molar-refractivity contribution in [3.63, 3.8) is 0 Å². The minimum atomic E-state index is -0.518. The minimum Gasteiger partial charge on any atom is -0.443 e. The van der Waals surface area contributed by atoms with Gasteiger partial charge in [0, 0.05) is 12.2 Å². The van der Waals surface area contributed by atoms with Gasteiger partial charge in [0.1, 0.15) is 11.4 Å². The Labute approximate surface area is 122 Å². The van der Waals surface area contributed by atoms with Gasteiger partial charge in [0.2, 0.25) is 0 Å². The summed E-state index contributed by atoms with van der Waals surface area (Å²) in [5.41, 5.74) is 0.551. The van der Waals surface area contributed by atoms with Crippen LogP contribution >= 0.6 is 0 Å².